The van der Waals surface area contributed by atoms with E-state index in [2.05, 4.69) is 0 Å². The Balaban J connectivity index is 3.10. The number of carbonyl (C=O) groups is 1. The molecule has 0 aliphatic carbocycles. The van der Waals surface area contributed by atoms with E-state index in [1.165, 1.54) is 0 Å². The lowest BCUT2D eigenvalue weighted by atomic mass is 10.2. The average Bonchev–Trinajstić information content (AvgIpc) is 2.31. The van der Waals surface area contributed by atoms with Gasteiger partial charge in [-0.1, -0.05) is 0 Å². The van der Waals surface area contributed by atoms with E-state index in [1.807, 2.05) is 10.2 Å². The number of carbonyl (C=O) groups excluding carboxylic acids is 1. The highest BCUT2D eigenvalue weighted by Gasteiger charge is 2.40. The molecule has 66 valence electrons. The SMILES string of the molecule is O=C(c1c[nH][nH]c1=O)C(F)(F)F. The van der Waals surface area contributed by atoms with Gasteiger partial charge in [-0.05, 0) is 0 Å². The zero-order valence-corrected chi connectivity index (χ0v) is 5.53. The van der Waals surface area contributed by atoms with E-state index in [9.17, 15) is 22.8 Å². The van der Waals surface area contributed by atoms with Crippen molar-refractivity contribution in [2.24, 2.45) is 0 Å². The highest BCUT2D eigenvalue weighted by Crippen LogP contribution is 2.18. The van der Waals surface area contributed by atoms with Gasteiger partial charge in [0, 0.05) is 6.20 Å². The van der Waals surface area contributed by atoms with Crippen molar-refractivity contribution in [2.45, 2.75) is 6.18 Å². The molecule has 0 spiro atoms. The van der Waals surface area contributed by atoms with Crippen LogP contribution in [0.2, 0.25) is 0 Å². The Morgan fingerprint density at radius 1 is 1.42 bits per heavy atom. The van der Waals surface area contributed by atoms with Crippen LogP contribution in [0.15, 0.2) is 11.0 Å². The maximum Gasteiger partial charge on any atom is 0.455 e. The van der Waals surface area contributed by atoms with Crippen molar-refractivity contribution >= 4 is 5.78 Å². The molecule has 0 atom stereocenters. The molecule has 12 heavy (non-hydrogen) atoms. The number of rotatable bonds is 1. The molecule has 7 heteroatoms. The van der Waals surface area contributed by atoms with Crippen molar-refractivity contribution in [3.8, 4) is 0 Å². The number of aromatic nitrogens is 2. The predicted molar refractivity (Wildman–Crippen MR) is 31.8 cm³/mol. The van der Waals surface area contributed by atoms with E-state index in [0.29, 0.717) is 6.20 Å². The van der Waals surface area contributed by atoms with Crippen LogP contribution in [-0.2, 0) is 0 Å². The van der Waals surface area contributed by atoms with Gasteiger partial charge in [0.05, 0.1) is 0 Å². The summed E-state index contributed by atoms with van der Waals surface area (Å²) in [7, 11) is 0. The van der Waals surface area contributed by atoms with Gasteiger partial charge in [0.25, 0.3) is 11.3 Å². The number of H-pyrrole nitrogens is 2. The van der Waals surface area contributed by atoms with Gasteiger partial charge < -0.3 is 5.10 Å². The van der Waals surface area contributed by atoms with Crippen LogP contribution in [-0.4, -0.2) is 22.2 Å². The van der Waals surface area contributed by atoms with Gasteiger partial charge in [0.1, 0.15) is 5.56 Å². The quantitative estimate of drug-likeness (QED) is 0.616. The molecule has 0 radical (unpaired) electrons. The van der Waals surface area contributed by atoms with Crippen LogP contribution in [0.3, 0.4) is 0 Å². The third-order valence-electron chi connectivity index (χ3n) is 1.15. The maximum absolute atomic E-state index is 11.7. The number of hydrogen-bond donors (Lipinski definition) is 2. The number of hydrogen-bond acceptors (Lipinski definition) is 2. The largest absolute Gasteiger partial charge is 0.455 e. The summed E-state index contributed by atoms with van der Waals surface area (Å²) in [6, 6.07) is 0. The molecule has 0 saturated carbocycles. The molecule has 1 rings (SSSR count). The summed E-state index contributed by atoms with van der Waals surface area (Å²) in [5, 5.41) is 3.81. The van der Waals surface area contributed by atoms with Gasteiger partial charge in [0.2, 0.25) is 0 Å². The Hall–Kier alpha value is -1.53. The number of ketones is 1. The fourth-order valence-electron chi connectivity index (χ4n) is 0.628. The van der Waals surface area contributed by atoms with Gasteiger partial charge in [0.15, 0.2) is 0 Å². The normalized spacial score (nSPS) is 11.6. The predicted octanol–water partition coefficient (Wildman–Crippen LogP) is 0.448. The van der Waals surface area contributed by atoms with E-state index in [4.69, 9.17) is 0 Å². The van der Waals surface area contributed by atoms with Gasteiger partial charge in [-0.25, -0.2) is 0 Å². The first-order valence-corrected chi connectivity index (χ1v) is 2.80. The maximum atomic E-state index is 11.7. The van der Waals surface area contributed by atoms with Gasteiger partial charge in [-0.3, -0.25) is 14.7 Å². The van der Waals surface area contributed by atoms with Gasteiger partial charge >= 0.3 is 6.18 Å². The molecule has 2 N–H and O–H groups in total. The van der Waals surface area contributed by atoms with E-state index < -0.39 is 23.1 Å². The molecule has 0 unspecified atom stereocenters. The van der Waals surface area contributed by atoms with Crippen molar-refractivity contribution in [1.82, 2.24) is 10.2 Å². The Kier molecular flexibility index (Phi) is 1.79. The second-order valence-corrected chi connectivity index (χ2v) is 1.98. The van der Waals surface area contributed by atoms with Crippen molar-refractivity contribution in [2.75, 3.05) is 0 Å². The van der Waals surface area contributed by atoms with E-state index in [0.717, 1.165) is 0 Å². The van der Waals surface area contributed by atoms with Crippen molar-refractivity contribution in [3.63, 3.8) is 0 Å². The van der Waals surface area contributed by atoms with E-state index >= 15 is 0 Å². The van der Waals surface area contributed by atoms with Crippen LogP contribution in [0.1, 0.15) is 10.4 Å². The van der Waals surface area contributed by atoms with Crippen LogP contribution >= 0.6 is 0 Å². The molecule has 1 heterocycles. The minimum Gasteiger partial charge on any atom is -0.305 e. The molecule has 0 bridgehead atoms. The minimum absolute atomic E-state index is 0.679. The third kappa shape index (κ3) is 1.39. The fraction of sp³-hybridized carbons (Fsp3) is 0.200. The molecule has 1 aromatic rings. The van der Waals surface area contributed by atoms with Crippen LogP contribution in [0.5, 0.6) is 0 Å². The molecule has 1 aromatic heterocycles. The lowest BCUT2D eigenvalue weighted by Crippen LogP contribution is -2.27. The Labute approximate surface area is 63.4 Å². The molecule has 4 nitrogen and oxygen atoms in total. The Morgan fingerprint density at radius 3 is 2.33 bits per heavy atom. The summed E-state index contributed by atoms with van der Waals surface area (Å²) in [6.07, 6.45) is -4.33. The molecule has 0 aromatic carbocycles. The lowest BCUT2D eigenvalue weighted by Gasteiger charge is -1.99. The Morgan fingerprint density at radius 2 is 2.00 bits per heavy atom. The standard InChI is InChI=1S/C5H3F3N2O2/c6-5(7,8)3(11)2-1-9-10-4(2)12/h1H,(H2,9,10,12). The van der Waals surface area contributed by atoms with Crippen molar-refractivity contribution in [1.29, 1.82) is 0 Å². The molecular weight excluding hydrogens is 177 g/mol. The zero-order chi connectivity index (χ0) is 9.35. The first-order chi connectivity index (χ1) is 5.43. The van der Waals surface area contributed by atoms with Crippen LogP contribution in [0, 0.1) is 0 Å². The smallest absolute Gasteiger partial charge is 0.305 e. The average molecular weight is 180 g/mol. The highest BCUT2D eigenvalue weighted by molar-refractivity contribution is 5.99. The number of halogens is 3. The zero-order valence-electron chi connectivity index (χ0n) is 5.53. The molecule has 0 saturated heterocycles. The summed E-state index contributed by atoms with van der Waals surface area (Å²) in [6.45, 7) is 0. The number of aromatic amines is 2. The number of Topliss-reactive ketones (excluding diaryl/α,β-unsaturated/α-hetero) is 1. The summed E-state index contributed by atoms with van der Waals surface area (Å²) in [4.78, 5) is 20.9. The summed E-state index contributed by atoms with van der Waals surface area (Å²) in [5.74, 6) is -2.15. The molecular formula is C5H3F3N2O2. The van der Waals surface area contributed by atoms with E-state index in [1.54, 1.807) is 0 Å². The topological polar surface area (TPSA) is 65.7 Å². The van der Waals surface area contributed by atoms with Crippen LogP contribution < -0.4 is 5.56 Å². The van der Waals surface area contributed by atoms with Gasteiger partial charge in [-0.2, -0.15) is 13.2 Å². The van der Waals surface area contributed by atoms with Gasteiger partial charge in [-0.15, -0.1) is 0 Å². The fourth-order valence-corrected chi connectivity index (χ4v) is 0.628. The Bertz CT molecular complexity index is 348. The first-order valence-electron chi connectivity index (χ1n) is 2.80. The minimum atomic E-state index is -5.00. The van der Waals surface area contributed by atoms with Crippen LogP contribution in [0.25, 0.3) is 0 Å². The van der Waals surface area contributed by atoms with Crippen LogP contribution in [0.4, 0.5) is 13.2 Å². The summed E-state index contributed by atoms with van der Waals surface area (Å²) < 4.78 is 35.0. The molecule has 0 fully saturated rings. The monoisotopic (exact) mass is 180 g/mol. The van der Waals surface area contributed by atoms with Crippen molar-refractivity contribution < 1.29 is 18.0 Å². The number of alkyl halides is 3. The van der Waals surface area contributed by atoms with E-state index in [-0.39, 0.29) is 0 Å². The number of nitrogens with one attached hydrogen (secondary N) is 2. The second-order valence-electron chi connectivity index (χ2n) is 1.98. The summed E-state index contributed by atoms with van der Waals surface area (Å²) in [5.41, 5.74) is -2.00. The first kappa shape index (κ1) is 8.57. The lowest BCUT2D eigenvalue weighted by molar-refractivity contribution is -0.0885. The molecule has 0 aliphatic rings. The second kappa shape index (κ2) is 2.50. The van der Waals surface area contributed by atoms with Crippen molar-refractivity contribution in [3.05, 3.63) is 22.1 Å². The molecule has 0 amide bonds. The summed E-state index contributed by atoms with van der Waals surface area (Å²) >= 11 is 0. The molecule has 0 aliphatic heterocycles. The highest BCUT2D eigenvalue weighted by atomic mass is 19.4. The third-order valence-corrected chi connectivity index (χ3v) is 1.15.